The lowest BCUT2D eigenvalue weighted by Gasteiger charge is -2.39. The van der Waals surface area contributed by atoms with E-state index in [2.05, 4.69) is 54.8 Å². The van der Waals surface area contributed by atoms with E-state index < -0.39 is 0 Å². The third-order valence-corrected chi connectivity index (χ3v) is 5.21. The monoisotopic (exact) mass is 316 g/mol. The molecule has 2 saturated heterocycles. The van der Waals surface area contributed by atoms with Crippen LogP contribution in [0.1, 0.15) is 37.8 Å². The second-order valence-corrected chi connectivity index (χ2v) is 7.68. The molecule has 2 unspecified atom stereocenters. The molecule has 3 nitrogen and oxygen atoms in total. The van der Waals surface area contributed by atoms with Gasteiger partial charge in [0.25, 0.3) is 0 Å². The van der Waals surface area contributed by atoms with Gasteiger partial charge in [-0.3, -0.25) is 9.80 Å². The Morgan fingerprint density at radius 3 is 2.39 bits per heavy atom. The zero-order valence-electron chi connectivity index (χ0n) is 15.0. The number of hydrogen-bond acceptors (Lipinski definition) is 3. The molecule has 0 bridgehead atoms. The van der Waals surface area contributed by atoms with Crippen LogP contribution in [-0.2, 0) is 11.3 Å². The lowest BCUT2D eigenvalue weighted by atomic mass is 9.95. The van der Waals surface area contributed by atoms with Gasteiger partial charge in [-0.2, -0.15) is 0 Å². The molecule has 1 aromatic carbocycles. The SMILES string of the molecule is Cc1cccc(CN2CCC(CN3CC(C)OC(C)C3)CC2)c1. The maximum Gasteiger partial charge on any atom is 0.0678 e. The Morgan fingerprint density at radius 2 is 1.74 bits per heavy atom. The predicted octanol–water partition coefficient (Wildman–Crippen LogP) is 3.32. The van der Waals surface area contributed by atoms with Crippen molar-refractivity contribution in [2.45, 2.75) is 52.4 Å². The van der Waals surface area contributed by atoms with Crippen LogP contribution in [0.2, 0.25) is 0 Å². The lowest BCUT2D eigenvalue weighted by molar-refractivity contribution is -0.0732. The smallest absolute Gasteiger partial charge is 0.0678 e. The minimum atomic E-state index is 0.389. The summed E-state index contributed by atoms with van der Waals surface area (Å²) in [6.45, 7) is 13.7. The van der Waals surface area contributed by atoms with Crippen LogP contribution >= 0.6 is 0 Å². The quantitative estimate of drug-likeness (QED) is 0.847. The van der Waals surface area contributed by atoms with E-state index in [1.54, 1.807) is 0 Å². The van der Waals surface area contributed by atoms with E-state index in [1.165, 1.54) is 43.6 Å². The lowest BCUT2D eigenvalue weighted by Crippen LogP contribution is -2.48. The van der Waals surface area contributed by atoms with E-state index in [4.69, 9.17) is 4.74 Å². The van der Waals surface area contributed by atoms with Gasteiger partial charge in [-0.25, -0.2) is 0 Å². The fourth-order valence-electron chi connectivity index (χ4n) is 4.19. The van der Waals surface area contributed by atoms with E-state index >= 15 is 0 Å². The van der Waals surface area contributed by atoms with Gasteiger partial charge in [0.2, 0.25) is 0 Å². The average Bonchev–Trinajstić information content (AvgIpc) is 2.48. The molecule has 0 saturated carbocycles. The Kier molecular flexibility index (Phi) is 5.73. The van der Waals surface area contributed by atoms with Crippen molar-refractivity contribution in [3.05, 3.63) is 35.4 Å². The van der Waals surface area contributed by atoms with Crippen LogP contribution in [0.15, 0.2) is 24.3 Å². The van der Waals surface area contributed by atoms with Gasteiger partial charge in [0.05, 0.1) is 12.2 Å². The zero-order valence-corrected chi connectivity index (χ0v) is 15.0. The van der Waals surface area contributed by atoms with Crippen molar-refractivity contribution in [1.82, 2.24) is 9.80 Å². The van der Waals surface area contributed by atoms with Crippen LogP contribution in [0, 0.1) is 12.8 Å². The first kappa shape index (κ1) is 16.9. The number of nitrogens with zero attached hydrogens (tertiary/aromatic N) is 2. The molecule has 1 aromatic rings. The summed E-state index contributed by atoms with van der Waals surface area (Å²) in [5.41, 5.74) is 2.83. The number of morpholine rings is 1. The first-order valence-electron chi connectivity index (χ1n) is 9.24. The highest BCUT2D eigenvalue weighted by Gasteiger charge is 2.26. The molecule has 0 aromatic heterocycles. The summed E-state index contributed by atoms with van der Waals surface area (Å²) in [6.07, 6.45) is 3.46. The maximum atomic E-state index is 5.85. The van der Waals surface area contributed by atoms with Crippen LogP contribution in [0.25, 0.3) is 0 Å². The van der Waals surface area contributed by atoms with Gasteiger partial charge in [0.1, 0.15) is 0 Å². The summed E-state index contributed by atoms with van der Waals surface area (Å²) < 4.78 is 5.85. The Morgan fingerprint density at radius 1 is 1.04 bits per heavy atom. The third-order valence-electron chi connectivity index (χ3n) is 5.21. The Bertz CT molecular complexity index is 486. The minimum Gasteiger partial charge on any atom is -0.373 e. The number of piperidine rings is 1. The van der Waals surface area contributed by atoms with Crippen molar-refractivity contribution in [2.24, 2.45) is 5.92 Å². The van der Waals surface area contributed by atoms with Crippen molar-refractivity contribution in [2.75, 3.05) is 32.7 Å². The van der Waals surface area contributed by atoms with Gasteiger partial charge in [0, 0.05) is 26.2 Å². The first-order valence-corrected chi connectivity index (χ1v) is 9.24. The number of ether oxygens (including phenoxy) is 1. The largest absolute Gasteiger partial charge is 0.373 e. The summed E-state index contributed by atoms with van der Waals surface area (Å²) in [4.78, 5) is 5.25. The van der Waals surface area contributed by atoms with Crippen LogP contribution in [0.5, 0.6) is 0 Å². The molecule has 23 heavy (non-hydrogen) atoms. The van der Waals surface area contributed by atoms with Crippen molar-refractivity contribution < 1.29 is 4.74 Å². The molecule has 2 aliphatic heterocycles. The minimum absolute atomic E-state index is 0.389. The molecule has 0 spiro atoms. The number of aryl methyl sites for hydroxylation is 1. The first-order chi connectivity index (χ1) is 11.1. The van der Waals surface area contributed by atoms with Crippen molar-refractivity contribution in [3.63, 3.8) is 0 Å². The standard InChI is InChI=1S/C20H32N2O/c1-16-5-4-6-20(11-16)15-21-9-7-19(8-10-21)14-22-12-17(2)23-18(3)13-22/h4-6,11,17-19H,7-10,12-15H2,1-3H3. The number of hydrogen-bond donors (Lipinski definition) is 0. The Balaban J connectivity index is 1.43. The summed E-state index contributed by atoms with van der Waals surface area (Å²) in [5.74, 6) is 0.862. The molecule has 128 valence electrons. The van der Waals surface area contributed by atoms with Crippen molar-refractivity contribution in [1.29, 1.82) is 0 Å². The number of benzene rings is 1. The van der Waals surface area contributed by atoms with E-state index in [-0.39, 0.29) is 0 Å². The Hall–Kier alpha value is -0.900. The fourth-order valence-corrected chi connectivity index (χ4v) is 4.19. The highest BCUT2D eigenvalue weighted by Crippen LogP contribution is 2.22. The van der Waals surface area contributed by atoms with Gasteiger partial charge >= 0.3 is 0 Å². The Labute approximate surface area is 141 Å². The van der Waals surface area contributed by atoms with Crippen molar-refractivity contribution in [3.8, 4) is 0 Å². The summed E-state index contributed by atoms with van der Waals surface area (Å²) in [6, 6.07) is 8.94. The van der Waals surface area contributed by atoms with E-state index in [9.17, 15) is 0 Å². The van der Waals surface area contributed by atoms with Gasteiger partial charge in [-0.15, -0.1) is 0 Å². The van der Waals surface area contributed by atoms with Gasteiger partial charge in [-0.05, 0) is 58.2 Å². The van der Waals surface area contributed by atoms with E-state index in [0.29, 0.717) is 12.2 Å². The van der Waals surface area contributed by atoms with Crippen molar-refractivity contribution >= 4 is 0 Å². The van der Waals surface area contributed by atoms with Crippen LogP contribution < -0.4 is 0 Å². The highest BCUT2D eigenvalue weighted by atomic mass is 16.5. The molecule has 0 aliphatic carbocycles. The predicted molar refractivity (Wildman–Crippen MR) is 95.6 cm³/mol. The van der Waals surface area contributed by atoms with Gasteiger partial charge in [0.15, 0.2) is 0 Å². The number of rotatable bonds is 4. The van der Waals surface area contributed by atoms with E-state index in [1.807, 2.05) is 0 Å². The number of likely N-dealkylation sites (tertiary alicyclic amines) is 1. The maximum absolute atomic E-state index is 5.85. The molecule has 2 atom stereocenters. The fraction of sp³-hybridized carbons (Fsp3) is 0.700. The molecular weight excluding hydrogens is 284 g/mol. The summed E-state index contributed by atoms with van der Waals surface area (Å²) >= 11 is 0. The second-order valence-electron chi connectivity index (χ2n) is 7.68. The molecule has 0 radical (unpaired) electrons. The molecule has 3 rings (SSSR count). The second kappa shape index (κ2) is 7.78. The van der Waals surface area contributed by atoms with Crippen LogP contribution in [0.4, 0.5) is 0 Å². The highest BCUT2D eigenvalue weighted by molar-refractivity contribution is 5.22. The average molecular weight is 316 g/mol. The molecular formula is C20H32N2O. The third kappa shape index (κ3) is 5.03. The van der Waals surface area contributed by atoms with Gasteiger partial charge < -0.3 is 4.74 Å². The molecule has 2 aliphatic rings. The molecule has 2 heterocycles. The topological polar surface area (TPSA) is 15.7 Å². The summed E-state index contributed by atoms with van der Waals surface area (Å²) in [5, 5.41) is 0. The van der Waals surface area contributed by atoms with Crippen LogP contribution in [0.3, 0.4) is 0 Å². The molecule has 0 N–H and O–H groups in total. The molecule has 2 fully saturated rings. The summed E-state index contributed by atoms with van der Waals surface area (Å²) in [7, 11) is 0. The van der Waals surface area contributed by atoms with E-state index in [0.717, 1.165) is 25.6 Å². The molecule has 0 amide bonds. The normalized spacial score (nSPS) is 28.1. The molecule has 3 heteroatoms. The zero-order chi connectivity index (χ0) is 16.2. The van der Waals surface area contributed by atoms with Crippen LogP contribution in [-0.4, -0.2) is 54.7 Å². The van der Waals surface area contributed by atoms with Gasteiger partial charge in [-0.1, -0.05) is 29.8 Å².